The molecule has 0 aliphatic carbocycles. The number of ether oxygens (including phenoxy) is 1. The SMILES string of the molecule is NCCOc1cc(I)c(Br)cc1Cl. The Hall–Kier alpha value is 0.480. The van der Waals surface area contributed by atoms with Crippen molar-refractivity contribution in [2.45, 2.75) is 0 Å². The van der Waals surface area contributed by atoms with E-state index in [9.17, 15) is 0 Å². The van der Waals surface area contributed by atoms with Crippen LogP contribution in [0.25, 0.3) is 0 Å². The molecule has 0 radical (unpaired) electrons. The van der Waals surface area contributed by atoms with Crippen molar-refractivity contribution >= 4 is 50.1 Å². The van der Waals surface area contributed by atoms with E-state index in [1.807, 2.05) is 12.1 Å². The van der Waals surface area contributed by atoms with Crippen molar-refractivity contribution in [1.29, 1.82) is 0 Å². The Morgan fingerprint density at radius 3 is 2.85 bits per heavy atom. The van der Waals surface area contributed by atoms with Crippen molar-refractivity contribution in [2.75, 3.05) is 13.2 Å². The Kier molecular flexibility index (Phi) is 4.78. The van der Waals surface area contributed by atoms with Gasteiger partial charge in [0.15, 0.2) is 0 Å². The Labute approximate surface area is 104 Å². The summed E-state index contributed by atoms with van der Waals surface area (Å²) in [6.45, 7) is 0.973. The van der Waals surface area contributed by atoms with Gasteiger partial charge >= 0.3 is 0 Å². The van der Waals surface area contributed by atoms with Gasteiger partial charge in [-0.1, -0.05) is 11.6 Å². The van der Waals surface area contributed by atoms with Crippen LogP contribution in [-0.4, -0.2) is 13.2 Å². The second-order valence-electron chi connectivity index (χ2n) is 2.33. The average molecular weight is 376 g/mol. The van der Waals surface area contributed by atoms with E-state index in [4.69, 9.17) is 22.1 Å². The van der Waals surface area contributed by atoms with Crippen molar-refractivity contribution in [3.63, 3.8) is 0 Å². The lowest BCUT2D eigenvalue weighted by atomic mass is 10.3. The lowest BCUT2D eigenvalue weighted by Crippen LogP contribution is -2.10. The van der Waals surface area contributed by atoms with Crippen molar-refractivity contribution in [3.8, 4) is 5.75 Å². The third-order valence-corrected chi connectivity index (χ3v) is 3.94. The first-order valence-electron chi connectivity index (χ1n) is 3.62. The van der Waals surface area contributed by atoms with Gasteiger partial charge in [0.25, 0.3) is 0 Å². The summed E-state index contributed by atoms with van der Waals surface area (Å²) in [4.78, 5) is 0. The highest BCUT2D eigenvalue weighted by molar-refractivity contribution is 14.1. The summed E-state index contributed by atoms with van der Waals surface area (Å²) in [5, 5.41) is 0.598. The molecule has 1 rings (SSSR count). The molecule has 5 heteroatoms. The lowest BCUT2D eigenvalue weighted by molar-refractivity contribution is 0.328. The molecule has 0 bridgehead atoms. The fraction of sp³-hybridized carbons (Fsp3) is 0.250. The van der Waals surface area contributed by atoms with E-state index >= 15 is 0 Å². The molecule has 0 aromatic heterocycles. The first-order chi connectivity index (χ1) is 6.15. The molecule has 1 aromatic carbocycles. The van der Waals surface area contributed by atoms with Gasteiger partial charge in [0.2, 0.25) is 0 Å². The normalized spacial score (nSPS) is 10.2. The summed E-state index contributed by atoms with van der Waals surface area (Å²) in [5.41, 5.74) is 5.32. The number of rotatable bonds is 3. The zero-order valence-electron chi connectivity index (χ0n) is 6.69. The van der Waals surface area contributed by atoms with E-state index in [-0.39, 0.29) is 0 Å². The molecule has 13 heavy (non-hydrogen) atoms. The quantitative estimate of drug-likeness (QED) is 0.650. The molecule has 0 fully saturated rings. The van der Waals surface area contributed by atoms with Gasteiger partial charge < -0.3 is 10.5 Å². The minimum Gasteiger partial charge on any atom is -0.491 e. The minimum absolute atomic E-state index is 0.484. The fourth-order valence-corrected chi connectivity index (χ4v) is 1.92. The number of benzene rings is 1. The first-order valence-corrected chi connectivity index (χ1v) is 5.87. The first kappa shape index (κ1) is 11.6. The Bertz CT molecular complexity index is 308. The second kappa shape index (κ2) is 5.38. The van der Waals surface area contributed by atoms with Crippen LogP contribution in [0, 0.1) is 3.57 Å². The van der Waals surface area contributed by atoms with Gasteiger partial charge in [0.05, 0.1) is 5.02 Å². The van der Waals surface area contributed by atoms with Crippen LogP contribution in [0.4, 0.5) is 0 Å². The smallest absolute Gasteiger partial charge is 0.139 e. The third kappa shape index (κ3) is 3.27. The number of hydrogen-bond acceptors (Lipinski definition) is 2. The fourth-order valence-electron chi connectivity index (χ4n) is 0.784. The number of halogens is 3. The van der Waals surface area contributed by atoms with Gasteiger partial charge in [-0.2, -0.15) is 0 Å². The standard InChI is InChI=1S/C8H8BrClINO/c9-5-3-6(10)8(4-7(5)11)13-2-1-12/h3-4H,1-2,12H2. The molecule has 2 nitrogen and oxygen atoms in total. The van der Waals surface area contributed by atoms with E-state index < -0.39 is 0 Å². The van der Waals surface area contributed by atoms with E-state index in [0.717, 1.165) is 8.04 Å². The molecule has 2 N–H and O–H groups in total. The minimum atomic E-state index is 0.484. The summed E-state index contributed by atoms with van der Waals surface area (Å²) in [6.07, 6.45) is 0. The highest BCUT2D eigenvalue weighted by Gasteiger charge is 2.05. The van der Waals surface area contributed by atoms with Crippen LogP contribution in [0.1, 0.15) is 0 Å². The molecular weight excluding hydrogens is 368 g/mol. The summed E-state index contributed by atoms with van der Waals surface area (Å²) in [6, 6.07) is 3.69. The Balaban J connectivity index is 2.88. The summed E-state index contributed by atoms with van der Waals surface area (Å²) >= 11 is 11.5. The molecule has 0 spiro atoms. The summed E-state index contributed by atoms with van der Waals surface area (Å²) < 4.78 is 7.37. The predicted molar refractivity (Wildman–Crippen MR) is 66.4 cm³/mol. The molecule has 1 aromatic rings. The zero-order chi connectivity index (χ0) is 9.84. The predicted octanol–water partition coefficient (Wildman–Crippen LogP) is 3.04. The van der Waals surface area contributed by atoms with Crippen LogP contribution >= 0.6 is 50.1 Å². The molecule has 0 saturated heterocycles. The van der Waals surface area contributed by atoms with E-state index in [1.165, 1.54) is 0 Å². The van der Waals surface area contributed by atoms with E-state index in [2.05, 4.69) is 38.5 Å². The maximum atomic E-state index is 5.94. The lowest BCUT2D eigenvalue weighted by Gasteiger charge is -2.07. The van der Waals surface area contributed by atoms with Gasteiger partial charge in [-0.25, -0.2) is 0 Å². The van der Waals surface area contributed by atoms with Crippen molar-refractivity contribution in [3.05, 3.63) is 25.2 Å². The summed E-state index contributed by atoms with van der Waals surface area (Å²) in [7, 11) is 0. The van der Waals surface area contributed by atoms with Crippen LogP contribution in [0.5, 0.6) is 5.75 Å². The van der Waals surface area contributed by atoms with Crippen molar-refractivity contribution in [2.24, 2.45) is 5.73 Å². The van der Waals surface area contributed by atoms with Gasteiger partial charge in [-0.3, -0.25) is 0 Å². The Morgan fingerprint density at radius 1 is 1.54 bits per heavy atom. The molecular formula is C8H8BrClINO. The molecule has 0 heterocycles. The van der Waals surface area contributed by atoms with Crippen LogP contribution in [-0.2, 0) is 0 Å². The number of nitrogens with two attached hydrogens (primary N) is 1. The molecule has 0 aliphatic heterocycles. The van der Waals surface area contributed by atoms with E-state index in [0.29, 0.717) is 23.9 Å². The number of hydrogen-bond donors (Lipinski definition) is 1. The van der Waals surface area contributed by atoms with Crippen LogP contribution in [0.2, 0.25) is 5.02 Å². The van der Waals surface area contributed by atoms with Crippen molar-refractivity contribution < 1.29 is 4.74 Å². The van der Waals surface area contributed by atoms with Crippen LogP contribution in [0.3, 0.4) is 0 Å². The van der Waals surface area contributed by atoms with Gasteiger partial charge in [0, 0.05) is 14.6 Å². The van der Waals surface area contributed by atoms with E-state index in [1.54, 1.807) is 0 Å². The van der Waals surface area contributed by atoms with Gasteiger partial charge in [-0.15, -0.1) is 0 Å². The summed E-state index contributed by atoms with van der Waals surface area (Å²) in [5.74, 6) is 0.680. The molecule has 0 unspecified atom stereocenters. The third-order valence-electron chi connectivity index (χ3n) is 1.35. The van der Waals surface area contributed by atoms with Gasteiger partial charge in [-0.05, 0) is 50.7 Å². The molecule has 72 valence electrons. The maximum Gasteiger partial charge on any atom is 0.139 e. The monoisotopic (exact) mass is 375 g/mol. The largest absolute Gasteiger partial charge is 0.491 e. The van der Waals surface area contributed by atoms with Crippen LogP contribution < -0.4 is 10.5 Å². The Morgan fingerprint density at radius 2 is 2.23 bits per heavy atom. The maximum absolute atomic E-state index is 5.94. The molecule has 0 atom stereocenters. The van der Waals surface area contributed by atoms with Crippen molar-refractivity contribution in [1.82, 2.24) is 0 Å². The van der Waals surface area contributed by atoms with Crippen LogP contribution in [0.15, 0.2) is 16.6 Å². The topological polar surface area (TPSA) is 35.2 Å². The average Bonchev–Trinajstić information content (AvgIpc) is 2.09. The highest BCUT2D eigenvalue weighted by Crippen LogP contribution is 2.31. The highest BCUT2D eigenvalue weighted by atomic mass is 127. The second-order valence-corrected chi connectivity index (χ2v) is 4.76. The van der Waals surface area contributed by atoms with Gasteiger partial charge in [0.1, 0.15) is 12.4 Å². The molecule has 0 aliphatic rings. The molecule has 0 amide bonds. The zero-order valence-corrected chi connectivity index (χ0v) is 11.2. The molecule has 0 saturated carbocycles.